The van der Waals surface area contributed by atoms with Crippen LogP contribution in [0.25, 0.3) is 0 Å². The number of hydrogen-bond acceptors (Lipinski definition) is 2. The highest BCUT2D eigenvalue weighted by atomic mass is 19.2. The molecule has 3 rings (SSSR count). The van der Waals surface area contributed by atoms with Crippen LogP contribution in [0.4, 0.5) is 18.9 Å². The van der Waals surface area contributed by atoms with Crippen LogP contribution in [-0.2, 0) is 0 Å². The number of benzene rings is 2. The summed E-state index contributed by atoms with van der Waals surface area (Å²) in [6.07, 6.45) is -0.704. The summed E-state index contributed by atoms with van der Waals surface area (Å²) < 4.78 is 40.0. The zero-order valence-corrected chi connectivity index (χ0v) is 11.0. The molecule has 1 heterocycles. The Morgan fingerprint density at radius 2 is 1.67 bits per heavy atom. The Labute approximate surface area is 118 Å². The molecule has 1 amide bonds. The highest BCUT2D eigenvalue weighted by Crippen LogP contribution is 2.29. The van der Waals surface area contributed by atoms with E-state index in [1.165, 1.54) is 6.07 Å². The van der Waals surface area contributed by atoms with Crippen molar-refractivity contribution in [1.29, 1.82) is 0 Å². The zero-order valence-electron chi connectivity index (χ0n) is 11.0. The van der Waals surface area contributed by atoms with Crippen molar-refractivity contribution in [3.63, 3.8) is 0 Å². The molecular formula is C15H11F3N2O. The maximum absolute atomic E-state index is 13.6. The summed E-state index contributed by atoms with van der Waals surface area (Å²) in [6, 6.07) is 6.28. The minimum absolute atomic E-state index is 0.0118. The molecule has 1 atom stereocenters. The second-order valence-electron chi connectivity index (χ2n) is 4.87. The van der Waals surface area contributed by atoms with Gasteiger partial charge in [0.2, 0.25) is 0 Å². The molecule has 0 bridgehead atoms. The number of halogens is 3. The lowest BCUT2D eigenvalue weighted by atomic mass is 10.0. The van der Waals surface area contributed by atoms with Gasteiger partial charge < -0.3 is 10.6 Å². The quantitative estimate of drug-likeness (QED) is 0.847. The van der Waals surface area contributed by atoms with Crippen LogP contribution in [0, 0.1) is 24.4 Å². The van der Waals surface area contributed by atoms with Gasteiger partial charge in [0.25, 0.3) is 5.91 Å². The van der Waals surface area contributed by atoms with Crippen molar-refractivity contribution in [1.82, 2.24) is 5.32 Å². The number of carbonyl (C=O) groups excluding carboxylic acids is 1. The van der Waals surface area contributed by atoms with Gasteiger partial charge in [-0.1, -0.05) is 12.1 Å². The van der Waals surface area contributed by atoms with Crippen LogP contribution >= 0.6 is 0 Å². The van der Waals surface area contributed by atoms with Gasteiger partial charge in [0.15, 0.2) is 11.6 Å². The number of amides is 1. The van der Waals surface area contributed by atoms with Gasteiger partial charge >= 0.3 is 0 Å². The van der Waals surface area contributed by atoms with Crippen molar-refractivity contribution in [2.75, 3.05) is 5.32 Å². The number of anilines is 1. The number of nitrogens with one attached hydrogen (secondary N) is 2. The molecule has 1 aliphatic rings. The van der Waals surface area contributed by atoms with Crippen LogP contribution in [0.5, 0.6) is 0 Å². The number of fused-ring (bicyclic) bond motifs is 1. The Morgan fingerprint density at radius 3 is 2.38 bits per heavy atom. The van der Waals surface area contributed by atoms with Gasteiger partial charge in [0.05, 0.1) is 11.3 Å². The molecule has 1 aliphatic heterocycles. The maximum atomic E-state index is 13.6. The van der Waals surface area contributed by atoms with Crippen molar-refractivity contribution in [2.24, 2.45) is 0 Å². The van der Waals surface area contributed by atoms with Crippen LogP contribution in [-0.4, -0.2) is 5.91 Å². The van der Waals surface area contributed by atoms with Crippen molar-refractivity contribution in [3.05, 3.63) is 64.5 Å². The average molecular weight is 292 g/mol. The normalized spacial score (nSPS) is 17.0. The average Bonchev–Trinajstić information content (AvgIpc) is 2.44. The number of aryl methyl sites for hydroxylation is 1. The van der Waals surface area contributed by atoms with E-state index >= 15 is 0 Å². The van der Waals surface area contributed by atoms with Crippen LogP contribution < -0.4 is 10.6 Å². The van der Waals surface area contributed by atoms with E-state index in [1.807, 2.05) is 0 Å². The fourth-order valence-corrected chi connectivity index (χ4v) is 2.21. The standard InChI is InChI=1S/C15H11F3N2O/c1-7-2-3-8(4-10(7)16)14-19-13-6-12(18)11(17)5-9(13)15(21)20-14/h2-6,14,19H,1H3,(H,20,21). The molecule has 0 fully saturated rings. The third-order valence-corrected chi connectivity index (χ3v) is 3.41. The molecule has 0 radical (unpaired) electrons. The maximum Gasteiger partial charge on any atom is 0.255 e. The first-order valence-electron chi connectivity index (χ1n) is 6.28. The first-order valence-corrected chi connectivity index (χ1v) is 6.28. The Balaban J connectivity index is 1.99. The van der Waals surface area contributed by atoms with E-state index in [9.17, 15) is 18.0 Å². The van der Waals surface area contributed by atoms with Crippen LogP contribution in [0.2, 0.25) is 0 Å². The van der Waals surface area contributed by atoms with Crippen molar-refractivity contribution in [2.45, 2.75) is 13.1 Å². The van der Waals surface area contributed by atoms with Gasteiger partial charge in [-0.25, -0.2) is 13.2 Å². The van der Waals surface area contributed by atoms with Crippen LogP contribution in [0.15, 0.2) is 30.3 Å². The van der Waals surface area contributed by atoms with Gasteiger partial charge in [-0.05, 0) is 30.2 Å². The lowest BCUT2D eigenvalue weighted by Gasteiger charge is -2.28. The summed E-state index contributed by atoms with van der Waals surface area (Å²) in [7, 11) is 0. The summed E-state index contributed by atoms with van der Waals surface area (Å²) in [4.78, 5) is 12.0. The molecule has 3 nitrogen and oxygen atoms in total. The molecule has 1 unspecified atom stereocenters. The van der Waals surface area contributed by atoms with Gasteiger partial charge in [0.1, 0.15) is 12.0 Å². The molecule has 6 heteroatoms. The largest absolute Gasteiger partial charge is 0.361 e. The van der Waals surface area contributed by atoms with Crippen molar-refractivity contribution < 1.29 is 18.0 Å². The van der Waals surface area contributed by atoms with Crippen molar-refractivity contribution in [3.8, 4) is 0 Å². The Morgan fingerprint density at radius 1 is 0.952 bits per heavy atom. The van der Waals surface area contributed by atoms with Crippen LogP contribution in [0.3, 0.4) is 0 Å². The van der Waals surface area contributed by atoms with Crippen LogP contribution in [0.1, 0.15) is 27.7 Å². The highest BCUT2D eigenvalue weighted by molar-refractivity contribution is 6.01. The predicted molar refractivity (Wildman–Crippen MR) is 71.3 cm³/mol. The lowest BCUT2D eigenvalue weighted by Crippen LogP contribution is -2.38. The predicted octanol–water partition coefficient (Wildman–Crippen LogP) is 3.27. The highest BCUT2D eigenvalue weighted by Gasteiger charge is 2.26. The minimum Gasteiger partial charge on any atom is -0.361 e. The Hall–Kier alpha value is -2.50. The molecule has 2 aromatic rings. The number of rotatable bonds is 1. The van der Waals surface area contributed by atoms with Gasteiger partial charge in [-0.2, -0.15) is 0 Å². The Kier molecular flexibility index (Phi) is 3.08. The topological polar surface area (TPSA) is 41.1 Å². The summed E-state index contributed by atoms with van der Waals surface area (Å²) >= 11 is 0. The molecule has 0 aliphatic carbocycles. The zero-order chi connectivity index (χ0) is 15.1. The first-order chi connectivity index (χ1) is 9.95. The second kappa shape index (κ2) is 4.80. The lowest BCUT2D eigenvalue weighted by molar-refractivity contribution is 0.0935. The molecule has 2 N–H and O–H groups in total. The van der Waals surface area contributed by atoms with E-state index in [4.69, 9.17) is 0 Å². The summed E-state index contributed by atoms with van der Waals surface area (Å²) in [5.41, 5.74) is 1.15. The van der Waals surface area contributed by atoms with Gasteiger partial charge in [-0.15, -0.1) is 0 Å². The van der Waals surface area contributed by atoms with Crippen molar-refractivity contribution >= 4 is 11.6 Å². The molecule has 0 saturated heterocycles. The molecule has 0 aromatic heterocycles. The smallest absolute Gasteiger partial charge is 0.255 e. The van der Waals surface area contributed by atoms with Gasteiger partial charge in [0, 0.05) is 6.07 Å². The SMILES string of the molecule is Cc1ccc(C2NC(=O)c3cc(F)c(F)cc3N2)cc1F. The monoisotopic (exact) mass is 292 g/mol. The summed E-state index contributed by atoms with van der Waals surface area (Å²) in [6.45, 7) is 1.62. The first kappa shape index (κ1) is 13.5. The summed E-state index contributed by atoms with van der Waals surface area (Å²) in [5.74, 6) is -3.09. The molecule has 2 aromatic carbocycles. The fraction of sp³-hybridized carbons (Fsp3) is 0.133. The fourth-order valence-electron chi connectivity index (χ4n) is 2.21. The van der Waals surface area contributed by atoms with E-state index in [0.717, 1.165) is 12.1 Å². The molecule has 21 heavy (non-hydrogen) atoms. The van der Waals surface area contributed by atoms with E-state index in [1.54, 1.807) is 19.1 Å². The van der Waals surface area contributed by atoms with E-state index < -0.39 is 29.5 Å². The van der Waals surface area contributed by atoms with E-state index in [-0.39, 0.29) is 11.3 Å². The van der Waals surface area contributed by atoms with Gasteiger partial charge in [-0.3, -0.25) is 4.79 Å². The van der Waals surface area contributed by atoms with E-state index in [2.05, 4.69) is 10.6 Å². The van der Waals surface area contributed by atoms with E-state index in [0.29, 0.717) is 11.1 Å². The summed E-state index contributed by atoms with van der Waals surface area (Å²) in [5, 5.41) is 5.43. The second-order valence-corrected chi connectivity index (χ2v) is 4.87. The molecular weight excluding hydrogens is 281 g/mol. The molecule has 108 valence electrons. The molecule has 0 saturated carbocycles. The Bertz CT molecular complexity index is 746. The minimum atomic E-state index is -1.09. The number of hydrogen-bond donors (Lipinski definition) is 2. The third kappa shape index (κ3) is 2.33. The molecule has 0 spiro atoms. The third-order valence-electron chi connectivity index (χ3n) is 3.41. The number of carbonyl (C=O) groups is 1.